The van der Waals surface area contributed by atoms with Gasteiger partial charge in [0.25, 0.3) is 0 Å². The zero-order chi connectivity index (χ0) is 5.70. The highest BCUT2D eigenvalue weighted by Gasteiger charge is 1.92. The van der Waals surface area contributed by atoms with Crippen LogP contribution < -0.4 is 0 Å². The largest absolute Gasteiger partial charge is 0.376 e. The Bertz CT molecular complexity index is 35.2. The van der Waals surface area contributed by atoms with E-state index in [1.165, 1.54) is 6.42 Å². The van der Waals surface area contributed by atoms with Crippen molar-refractivity contribution < 1.29 is 4.74 Å². The van der Waals surface area contributed by atoms with Gasteiger partial charge in [-0.05, 0) is 13.3 Å². The Morgan fingerprint density at radius 2 is 2.29 bits per heavy atom. The number of rotatable bonds is 3. The molecule has 43 valence electrons. The quantitative estimate of drug-likeness (QED) is 0.528. The lowest BCUT2D eigenvalue weighted by Gasteiger charge is -2.04. The number of ether oxygens (including phenoxy) is 1. The average Bonchev–Trinajstić information content (AvgIpc) is 1.68. The lowest BCUT2D eigenvalue weighted by atomic mass is 10.2. The molecule has 0 saturated heterocycles. The van der Waals surface area contributed by atoms with Crippen LogP contribution in [0, 0.1) is 7.11 Å². The van der Waals surface area contributed by atoms with Crippen LogP contribution in [0.1, 0.15) is 26.7 Å². The molecule has 0 aliphatic rings. The lowest BCUT2D eigenvalue weighted by Crippen LogP contribution is -2.00. The van der Waals surface area contributed by atoms with E-state index in [0.717, 1.165) is 6.42 Å². The van der Waals surface area contributed by atoms with Gasteiger partial charge in [0, 0.05) is 0 Å². The summed E-state index contributed by atoms with van der Waals surface area (Å²) in [7, 11) is 3.30. The maximum atomic E-state index is 4.74. The third-order valence-electron chi connectivity index (χ3n) is 0.980. The van der Waals surface area contributed by atoms with Crippen LogP contribution in [-0.2, 0) is 4.74 Å². The van der Waals surface area contributed by atoms with Crippen LogP contribution in [0.15, 0.2) is 0 Å². The van der Waals surface area contributed by atoms with Gasteiger partial charge in [-0.15, -0.1) is 0 Å². The Labute approximate surface area is 45.7 Å². The van der Waals surface area contributed by atoms with E-state index >= 15 is 0 Å². The standard InChI is InChI=1S/C6H13O/c1-4-5-6(2)7-3/h6H,3-5H2,1-2H3. The lowest BCUT2D eigenvalue weighted by molar-refractivity contribution is 0.145. The summed E-state index contributed by atoms with van der Waals surface area (Å²) in [6, 6.07) is 0. The summed E-state index contributed by atoms with van der Waals surface area (Å²) in [4.78, 5) is 0. The minimum atomic E-state index is 0.338. The van der Waals surface area contributed by atoms with Crippen molar-refractivity contribution in [3.8, 4) is 0 Å². The number of hydrogen-bond acceptors (Lipinski definition) is 1. The second-order valence-electron chi connectivity index (χ2n) is 1.77. The van der Waals surface area contributed by atoms with E-state index in [1.807, 2.05) is 6.92 Å². The van der Waals surface area contributed by atoms with Gasteiger partial charge in [0.15, 0.2) is 0 Å². The van der Waals surface area contributed by atoms with Crippen LogP contribution in [0.3, 0.4) is 0 Å². The van der Waals surface area contributed by atoms with Gasteiger partial charge in [-0.25, -0.2) is 0 Å². The van der Waals surface area contributed by atoms with Gasteiger partial charge in [-0.2, -0.15) is 0 Å². The molecule has 0 spiro atoms. The van der Waals surface area contributed by atoms with Crippen molar-refractivity contribution in [3.05, 3.63) is 7.11 Å². The smallest absolute Gasteiger partial charge is 0.0704 e. The molecule has 0 aliphatic heterocycles. The molecule has 0 heterocycles. The molecule has 0 saturated carbocycles. The zero-order valence-electron chi connectivity index (χ0n) is 5.11. The third kappa shape index (κ3) is 3.80. The first-order chi connectivity index (χ1) is 3.31. The molecule has 0 amide bonds. The molecule has 0 aliphatic carbocycles. The van der Waals surface area contributed by atoms with Crippen LogP contribution in [0.25, 0.3) is 0 Å². The van der Waals surface area contributed by atoms with Crippen molar-refractivity contribution in [3.63, 3.8) is 0 Å². The molecule has 1 nitrogen and oxygen atoms in total. The van der Waals surface area contributed by atoms with Crippen LogP contribution in [0.4, 0.5) is 0 Å². The first-order valence-electron chi connectivity index (χ1n) is 2.72. The fourth-order valence-corrected chi connectivity index (χ4v) is 0.490. The Morgan fingerprint density at radius 1 is 1.71 bits per heavy atom. The summed E-state index contributed by atoms with van der Waals surface area (Å²) in [5, 5.41) is 0. The summed E-state index contributed by atoms with van der Waals surface area (Å²) in [5.74, 6) is 0. The zero-order valence-corrected chi connectivity index (χ0v) is 5.11. The van der Waals surface area contributed by atoms with Gasteiger partial charge in [-0.3, -0.25) is 0 Å². The predicted molar refractivity (Wildman–Crippen MR) is 30.8 cm³/mol. The summed E-state index contributed by atoms with van der Waals surface area (Å²) < 4.78 is 4.74. The maximum Gasteiger partial charge on any atom is 0.0704 e. The van der Waals surface area contributed by atoms with Crippen molar-refractivity contribution in [1.82, 2.24) is 0 Å². The highest BCUT2D eigenvalue weighted by Crippen LogP contribution is 1.97. The molecule has 7 heavy (non-hydrogen) atoms. The van der Waals surface area contributed by atoms with Crippen molar-refractivity contribution in [2.75, 3.05) is 0 Å². The summed E-state index contributed by atoms with van der Waals surface area (Å²) >= 11 is 0. The van der Waals surface area contributed by atoms with Gasteiger partial charge in [-0.1, -0.05) is 13.3 Å². The summed E-state index contributed by atoms with van der Waals surface area (Å²) in [5.41, 5.74) is 0. The molecule has 0 aromatic rings. The van der Waals surface area contributed by atoms with Gasteiger partial charge in [0.1, 0.15) is 0 Å². The van der Waals surface area contributed by atoms with E-state index in [0.29, 0.717) is 6.10 Å². The first-order valence-corrected chi connectivity index (χ1v) is 2.72. The van der Waals surface area contributed by atoms with Crippen LogP contribution >= 0.6 is 0 Å². The minimum Gasteiger partial charge on any atom is -0.376 e. The monoisotopic (exact) mass is 101 g/mol. The second-order valence-corrected chi connectivity index (χ2v) is 1.77. The van der Waals surface area contributed by atoms with Gasteiger partial charge < -0.3 is 4.74 Å². The topological polar surface area (TPSA) is 9.23 Å². The molecule has 1 unspecified atom stereocenters. The van der Waals surface area contributed by atoms with Crippen LogP contribution in [0.5, 0.6) is 0 Å². The van der Waals surface area contributed by atoms with Gasteiger partial charge in [0.2, 0.25) is 0 Å². The van der Waals surface area contributed by atoms with E-state index in [9.17, 15) is 0 Å². The highest BCUT2D eigenvalue weighted by atomic mass is 16.5. The fraction of sp³-hybridized carbons (Fsp3) is 0.833. The molecule has 1 radical (unpaired) electrons. The average molecular weight is 101 g/mol. The van der Waals surface area contributed by atoms with E-state index in [1.54, 1.807) is 0 Å². The highest BCUT2D eigenvalue weighted by molar-refractivity contribution is 4.45. The van der Waals surface area contributed by atoms with Crippen molar-refractivity contribution >= 4 is 0 Å². The van der Waals surface area contributed by atoms with E-state index < -0.39 is 0 Å². The molecular weight excluding hydrogens is 88.1 g/mol. The molecule has 1 heteroatoms. The normalized spacial score (nSPS) is 14.1. The maximum absolute atomic E-state index is 4.74. The number of hydrogen-bond donors (Lipinski definition) is 0. The Morgan fingerprint density at radius 3 is 2.43 bits per heavy atom. The molecule has 0 aromatic carbocycles. The minimum absolute atomic E-state index is 0.338. The SMILES string of the molecule is [CH2]OC(C)CCC. The summed E-state index contributed by atoms with van der Waals surface area (Å²) in [6.07, 6.45) is 2.63. The second kappa shape index (κ2) is 4.13. The predicted octanol–water partition coefficient (Wildman–Crippen LogP) is 1.98. The van der Waals surface area contributed by atoms with E-state index in [2.05, 4.69) is 14.0 Å². The van der Waals surface area contributed by atoms with Crippen molar-refractivity contribution in [2.24, 2.45) is 0 Å². The summed E-state index contributed by atoms with van der Waals surface area (Å²) in [6.45, 7) is 4.16. The van der Waals surface area contributed by atoms with Crippen molar-refractivity contribution in [1.29, 1.82) is 0 Å². The van der Waals surface area contributed by atoms with Gasteiger partial charge >= 0.3 is 0 Å². The van der Waals surface area contributed by atoms with Gasteiger partial charge in [0.05, 0.1) is 13.2 Å². The third-order valence-corrected chi connectivity index (χ3v) is 0.980. The first kappa shape index (κ1) is 6.96. The molecular formula is C6H13O. The molecule has 1 atom stereocenters. The fourth-order valence-electron chi connectivity index (χ4n) is 0.490. The van der Waals surface area contributed by atoms with Crippen LogP contribution in [-0.4, -0.2) is 6.10 Å². The van der Waals surface area contributed by atoms with E-state index in [4.69, 9.17) is 4.74 Å². The Balaban J connectivity index is 2.83. The van der Waals surface area contributed by atoms with E-state index in [-0.39, 0.29) is 0 Å². The Hall–Kier alpha value is -0.0400. The van der Waals surface area contributed by atoms with Crippen molar-refractivity contribution in [2.45, 2.75) is 32.8 Å². The molecule has 0 bridgehead atoms. The molecule has 0 rings (SSSR count). The Kier molecular flexibility index (Phi) is 4.10. The molecule has 0 aromatic heterocycles. The molecule has 0 fully saturated rings. The van der Waals surface area contributed by atoms with Crippen LogP contribution in [0.2, 0.25) is 0 Å². The molecule has 0 N–H and O–H groups in total.